The third-order valence-electron chi connectivity index (χ3n) is 3.88. The van der Waals surface area contributed by atoms with Crippen molar-refractivity contribution in [1.29, 1.82) is 0 Å². The lowest BCUT2D eigenvalue weighted by atomic mass is 9.93. The molecule has 21 heavy (non-hydrogen) atoms. The van der Waals surface area contributed by atoms with Crippen molar-refractivity contribution in [2.45, 2.75) is 33.7 Å². The van der Waals surface area contributed by atoms with Gasteiger partial charge in [0, 0.05) is 10.0 Å². The minimum atomic E-state index is 0.0825. The quantitative estimate of drug-likeness (QED) is 0.770. The van der Waals surface area contributed by atoms with Crippen molar-refractivity contribution in [3.8, 4) is 0 Å². The maximum absolute atomic E-state index is 6.50. The Morgan fingerprint density at radius 3 is 2.19 bits per heavy atom. The molecule has 3 heteroatoms. The van der Waals surface area contributed by atoms with Gasteiger partial charge in [-0.05, 0) is 73.3 Å². The lowest BCUT2D eigenvalue weighted by molar-refractivity contribution is 0.627. The van der Waals surface area contributed by atoms with Crippen LogP contribution < -0.4 is 5.32 Å². The van der Waals surface area contributed by atoms with Crippen molar-refractivity contribution in [2.24, 2.45) is 0 Å². The van der Waals surface area contributed by atoms with Crippen molar-refractivity contribution >= 4 is 23.2 Å². The Kier molecular flexibility index (Phi) is 5.32. The predicted molar refractivity (Wildman–Crippen MR) is 92.6 cm³/mol. The molecule has 0 saturated heterocycles. The lowest BCUT2D eigenvalue weighted by Crippen LogP contribution is -2.23. The number of halogens is 2. The summed E-state index contributed by atoms with van der Waals surface area (Å²) in [5, 5.41) is 5.10. The van der Waals surface area contributed by atoms with Crippen LogP contribution in [0.25, 0.3) is 0 Å². The predicted octanol–water partition coefficient (Wildman–Crippen LogP) is 5.62. The van der Waals surface area contributed by atoms with Gasteiger partial charge in [-0.3, -0.25) is 0 Å². The van der Waals surface area contributed by atoms with Gasteiger partial charge in [-0.1, -0.05) is 42.3 Å². The highest BCUT2D eigenvalue weighted by Gasteiger charge is 2.19. The normalized spacial score (nSPS) is 12.5. The minimum Gasteiger partial charge on any atom is -0.306 e. The van der Waals surface area contributed by atoms with E-state index in [-0.39, 0.29) is 6.04 Å². The van der Waals surface area contributed by atoms with Gasteiger partial charge in [0.25, 0.3) is 0 Å². The summed E-state index contributed by atoms with van der Waals surface area (Å²) in [7, 11) is 0. The highest BCUT2D eigenvalue weighted by atomic mass is 35.5. The van der Waals surface area contributed by atoms with Crippen molar-refractivity contribution < 1.29 is 0 Å². The van der Waals surface area contributed by atoms with E-state index < -0.39 is 0 Å². The van der Waals surface area contributed by atoms with Gasteiger partial charge in [0.1, 0.15) is 0 Å². The van der Waals surface area contributed by atoms with E-state index in [0.29, 0.717) is 0 Å². The summed E-state index contributed by atoms with van der Waals surface area (Å²) in [6.45, 7) is 9.26. The molecule has 0 aromatic heterocycles. The molecular weight excluding hydrogens is 301 g/mol. The summed E-state index contributed by atoms with van der Waals surface area (Å²) >= 11 is 12.6. The van der Waals surface area contributed by atoms with Gasteiger partial charge < -0.3 is 5.32 Å². The molecule has 1 N–H and O–H groups in total. The first-order chi connectivity index (χ1) is 9.93. The van der Waals surface area contributed by atoms with Crippen LogP contribution in [0, 0.1) is 20.8 Å². The van der Waals surface area contributed by atoms with E-state index in [9.17, 15) is 0 Å². The molecule has 2 aromatic rings. The summed E-state index contributed by atoms with van der Waals surface area (Å²) < 4.78 is 0. The van der Waals surface area contributed by atoms with E-state index in [1.165, 1.54) is 22.3 Å². The van der Waals surface area contributed by atoms with Crippen LogP contribution in [0.4, 0.5) is 0 Å². The molecule has 2 aromatic carbocycles. The molecule has 1 unspecified atom stereocenters. The van der Waals surface area contributed by atoms with Crippen LogP contribution in [0.5, 0.6) is 0 Å². The first-order valence-electron chi connectivity index (χ1n) is 7.20. The molecule has 0 spiro atoms. The zero-order chi connectivity index (χ0) is 15.6. The van der Waals surface area contributed by atoms with Crippen LogP contribution in [-0.2, 0) is 0 Å². The molecule has 112 valence electrons. The van der Waals surface area contributed by atoms with Gasteiger partial charge in [-0.15, -0.1) is 0 Å². The molecule has 2 rings (SSSR count). The number of benzene rings is 2. The lowest BCUT2D eigenvalue weighted by Gasteiger charge is -2.23. The third-order valence-corrected chi connectivity index (χ3v) is 4.44. The van der Waals surface area contributed by atoms with Gasteiger partial charge >= 0.3 is 0 Å². The number of rotatable bonds is 4. The van der Waals surface area contributed by atoms with E-state index in [1.807, 2.05) is 18.2 Å². The molecule has 0 aliphatic heterocycles. The van der Waals surface area contributed by atoms with E-state index in [1.54, 1.807) is 0 Å². The second-order valence-corrected chi connectivity index (χ2v) is 6.29. The molecule has 0 radical (unpaired) electrons. The number of aryl methyl sites for hydroxylation is 3. The highest BCUT2D eigenvalue weighted by molar-refractivity contribution is 6.31. The first kappa shape index (κ1) is 16.4. The average molecular weight is 322 g/mol. The number of nitrogens with one attached hydrogen (secondary N) is 1. The van der Waals surface area contributed by atoms with Crippen LogP contribution >= 0.6 is 23.2 Å². The summed E-state index contributed by atoms with van der Waals surface area (Å²) in [6, 6.07) is 10.3. The van der Waals surface area contributed by atoms with E-state index in [2.05, 4.69) is 45.1 Å². The second kappa shape index (κ2) is 6.83. The van der Waals surface area contributed by atoms with Crippen LogP contribution in [-0.4, -0.2) is 6.54 Å². The number of hydrogen-bond acceptors (Lipinski definition) is 1. The molecular formula is C18H21Cl2N. The molecule has 1 atom stereocenters. The van der Waals surface area contributed by atoms with Crippen molar-refractivity contribution in [3.05, 3.63) is 68.2 Å². The summed E-state index contributed by atoms with van der Waals surface area (Å²) in [4.78, 5) is 0. The smallest absolute Gasteiger partial charge is 0.0594 e. The fraction of sp³-hybridized carbons (Fsp3) is 0.333. The van der Waals surface area contributed by atoms with Gasteiger partial charge in [-0.2, -0.15) is 0 Å². The van der Waals surface area contributed by atoms with Crippen molar-refractivity contribution in [1.82, 2.24) is 5.32 Å². The second-order valence-electron chi connectivity index (χ2n) is 5.45. The van der Waals surface area contributed by atoms with Crippen LogP contribution in [0.3, 0.4) is 0 Å². The summed E-state index contributed by atoms with van der Waals surface area (Å²) in [6.07, 6.45) is 0. The van der Waals surface area contributed by atoms with Gasteiger partial charge in [0.2, 0.25) is 0 Å². The van der Waals surface area contributed by atoms with Crippen molar-refractivity contribution in [2.75, 3.05) is 6.54 Å². The zero-order valence-electron chi connectivity index (χ0n) is 12.9. The maximum Gasteiger partial charge on any atom is 0.0594 e. The monoisotopic (exact) mass is 321 g/mol. The van der Waals surface area contributed by atoms with Crippen LogP contribution in [0.15, 0.2) is 30.3 Å². The average Bonchev–Trinajstić information content (AvgIpc) is 2.41. The minimum absolute atomic E-state index is 0.0825. The fourth-order valence-corrected chi connectivity index (χ4v) is 3.13. The molecule has 0 aliphatic rings. The SMILES string of the molecule is CCNC(c1ccc(Cl)cc1C)c1cc(C)c(C)cc1Cl. The molecule has 0 bridgehead atoms. The van der Waals surface area contributed by atoms with Crippen molar-refractivity contribution in [3.63, 3.8) is 0 Å². The Labute approximate surface area is 137 Å². The largest absolute Gasteiger partial charge is 0.306 e. The first-order valence-corrected chi connectivity index (χ1v) is 7.95. The Morgan fingerprint density at radius 2 is 1.57 bits per heavy atom. The zero-order valence-corrected chi connectivity index (χ0v) is 14.4. The summed E-state index contributed by atoms with van der Waals surface area (Å²) in [5.74, 6) is 0. The standard InChI is InChI=1S/C18H21Cl2N/c1-5-21-18(15-7-6-14(19)8-13(15)4)16-9-11(2)12(3)10-17(16)20/h6-10,18,21H,5H2,1-4H3. The Bertz CT molecular complexity index is 650. The topological polar surface area (TPSA) is 12.0 Å². The molecule has 0 saturated carbocycles. The Balaban J connectivity index is 2.55. The molecule has 0 heterocycles. The van der Waals surface area contributed by atoms with E-state index >= 15 is 0 Å². The number of hydrogen-bond donors (Lipinski definition) is 1. The molecule has 1 nitrogen and oxygen atoms in total. The van der Waals surface area contributed by atoms with E-state index in [4.69, 9.17) is 23.2 Å². The molecule has 0 fully saturated rings. The van der Waals surface area contributed by atoms with E-state index in [0.717, 1.165) is 22.2 Å². The van der Waals surface area contributed by atoms with Gasteiger partial charge in [0.15, 0.2) is 0 Å². The molecule has 0 aliphatic carbocycles. The maximum atomic E-state index is 6.50. The molecule has 0 amide bonds. The highest BCUT2D eigenvalue weighted by Crippen LogP contribution is 2.33. The third kappa shape index (κ3) is 3.60. The van der Waals surface area contributed by atoms with Gasteiger partial charge in [-0.25, -0.2) is 0 Å². The summed E-state index contributed by atoms with van der Waals surface area (Å²) in [5.41, 5.74) is 5.97. The fourth-order valence-electron chi connectivity index (χ4n) is 2.58. The van der Waals surface area contributed by atoms with Crippen LogP contribution in [0.2, 0.25) is 10.0 Å². The van der Waals surface area contributed by atoms with Crippen LogP contribution in [0.1, 0.15) is 40.8 Å². The Hall–Kier alpha value is -1.02. The van der Waals surface area contributed by atoms with Gasteiger partial charge in [0.05, 0.1) is 6.04 Å². The Morgan fingerprint density at radius 1 is 0.905 bits per heavy atom.